The van der Waals surface area contributed by atoms with Crippen molar-refractivity contribution in [3.63, 3.8) is 0 Å². The fourth-order valence-corrected chi connectivity index (χ4v) is 6.38. The molecule has 4 rings (SSSR count). The van der Waals surface area contributed by atoms with Crippen molar-refractivity contribution in [2.75, 3.05) is 17.4 Å². The Morgan fingerprint density at radius 2 is 1.42 bits per heavy atom. The predicted molar refractivity (Wildman–Crippen MR) is 172 cm³/mol. The van der Waals surface area contributed by atoms with Crippen LogP contribution in [0.25, 0.3) is 0 Å². The number of hydrogen-bond acceptors (Lipinski definition) is 4. The van der Waals surface area contributed by atoms with E-state index in [1.54, 1.807) is 60.7 Å². The number of benzene rings is 4. The van der Waals surface area contributed by atoms with Gasteiger partial charge in [0.15, 0.2) is 0 Å². The molecule has 0 saturated carbocycles. The Hall–Kier alpha value is -3.85. The largest absolute Gasteiger partial charge is 0.354 e. The third kappa shape index (κ3) is 8.60. The van der Waals surface area contributed by atoms with Gasteiger partial charge in [0.1, 0.15) is 12.6 Å². The summed E-state index contributed by atoms with van der Waals surface area (Å²) < 4.78 is 28.9. The number of carbonyl (C=O) groups excluding carboxylic acids is 2. The highest BCUT2D eigenvalue weighted by Gasteiger charge is 2.34. The van der Waals surface area contributed by atoms with Crippen molar-refractivity contribution in [2.45, 2.75) is 37.2 Å². The van der Waals surface area contributed by atoms with Gasteiger partial charge in [0.05, 0.1) is 10.6 Å². The molecule has 0 aliphatic rings. The van der Waals surface area contributed by atoms with Gasteiger partial charge in [-0.2, -0.15) is 0 Å². The first-order valence-corrected chi connectivity index (χ1v) is 16.1. The molecule has 0 fully saturated rings. The molecule has 0 saturated heterocycles. The minimum Gasteiger partial charge on any atom is -0.354 e. The average Bonchev–Trinajstić information content (AvgIpc) is 3.01. The highest BCUT2D eigenvalue weighted by Crippen LogP contribution is 2.26. The van der Waals surface area contributed by atoms with Crippen LogP contribution in [0.1, 0.15) is 24.5 Å². The lowest BCUT2D eigenvalue weighted by molar-refractivity contribution is -0.140. The lowest BCUT2D eigenvalue weighted by Crippen LogP contribution is -2.53. The molecule has 1 N–H and O–H groups in total. The first-order valence-electron chi connectivity index (χ1n) is 13.9. The van der Waals surface area contributed by atoms with Gasteiger partial charge < -0.3 is 10.2 Å². The first-order chi connectivity index (χ1) is 20.7. The molecule has 224 valence electrons. The van der Waals surface area contributed by atoms with Crippen molar-refractivity contribution in [3.05, 3.63) is 130 Å². The zero-order valence-electron chi connectivity index (χ0n) is 23.7. The maximum absolute atomic E-state index is 14.4. The molecule has 0 spiro atoms. The van der Waals surface area contributed by atoms with Crippen LogP contribution >= 0.6 is 23.2 Å². The number of carbonyl (C=O) groups is 2. The van der Waals surface area contributed by atoms with Crippen LogP contribution in [0.2, 0.25) is 10.0 Å². The number of rotatable bonds is 13. The summed E-state index contributed by atoms with van der Waals surface area (Å²) in [6.45, 7) is 1.87. The first kappa shape index (κ1) is 32.1. The van der Waals surface area contributed by atoms with Crippen molar-refractivity contribution in [1.29, 1.82) is 0 Å². The van der Waals surface area contributed by atoms with Gasteiger partial charge in [0.25, 0.3) is 10.0 Å². The fourth-order valence-electron chi connectivity index (χ4n) is 4.61. The second-order valence-corrected chi connectivity index (χ2v) is 12.7. The maximum Gasteiger partial charge on any atom is 0.264 e. The Kier molecular flexibility index (Phi) is 11.2. The molecule has 0 aliphatic carbocycles. The lowest BCUT2D eigenvalue weighted by atomic mass is 10.0. The van der Waals surface area contributed by atoms with Crippen LogP contribution in [0.4, 0.5) is 5.69 Å². The molecule has 7 nitrogen and oxygen atoms in total. The van der Waals surface area contributed by atoms with E-state index >= 15 is 0 Å². The highest BCUT2D eigenvalue weighted by atomic mass is 35.5. The number of nitrogens with zero attached hydrogens (tertiary/aromatic N) is 2. The smallest absolute Gasteiger partial charge is 0.264 e. The van der Waals surface area contributed by atoms with E-state index in [4.69, 9.17) is 23.2 Å². The van der Waals surface area contributed by atoms with E-state index < -0.39 is 28.5 Å². The van der Waals surface area contributed by atoms with Crippen LogP contribution in [0, 0.1) is 0 Å². The zero-order valence-corrected chi connectivity index (χ0v) is 26.0. The molecule has 0 aliphatic heterocycles. The molecule has 0 aromatic heterocycles. The molecule has 43 heavy (non-hydrogen) atoms. The van der Waals surface area contributed by atoms with E-state index in [9.17, 15) is 18.0 Å². The van der Waals surface area contributed by atoms with Crippen molar-refractivity contribution in [3.8, 4) is 0 Å². The monoisotopic (exact) mass is 637 g/mol. The van der Waals surface area contributed by atoms with Crippen molar-refractivity contribution in [2.24, 2.45) is 0 Å². The molecule has 4 aromatic rings. The summed E-state index contributed by atoms with van der Waals surface area (Å²) in [5.74, 6) is -0.882. The van der Waals surface area contributed by atoms with Crippen LogP contribution < -0.4 is 9.62 Å². The van der Waals surface area contributed by atoms with E-state index in [2.05, 4.69) is 5.32 Å². The SMILES string of the molecule is CCCNC(=O)[C@@H](Cc1ccccc1)N(Cc1cccc(Cl)c1)C(=O)CN(c1ccc(Cl)cc1)S(=O)(=O)c1ccccc1. The normalized spacial score (nSPS) is 11.9. The number of amides is 2. The second kappa shape index (κ2) is 15.0. The number of hydrogen-bond donors (Lipinski definition) is 1. The minimum absolute atomic E-state index is 0.0284. The summed E-state index contributed by atoms with van der Waals surface area (Å²) in [6, 6.07) is 29.6. The Morgan fingerprint density at radius 1 is 0.791 bits per heavy atom. The Bertz CT molecular complexity index is 1620. The van der Waals surface area contributed by atoms with Gasteiger partial charge in [-0.05, 0) is 66.1 Å². The number of nitrogens with one attached hydrogen (secondary N) is 1. The molecule has 4 aromatic carbocycles. The van der Waals surface area contributed by atoms with E-state index in [1.807, 2.05) is 43.3 Å². The van der Waals surface area contributed by atoms with Gasteiger partial charge >= 0.3 is 0 Å². The summed E-state index contributed by atoms with van der Waals surface area (Å²) in [6.07, 6.45) is 0.945. The molecule has 0 bridgehead atoms. The standard InChI is InChI=1S/C33H33Cl2N3O4S/c1-2-20-36-33(40)31(22-25-10-5-3-6-11-25)37(23-26-12-9-13-28(35)21-26)32(39)24-38(29-18-16-27(34)17-19-29)43(41,42)30-14-7-4-8-15-30/h3-19,21,31H,2,20,22-24H2,1H3,(H,36,40)/t31-/m1/s1. The summed E-state index contributed by atoms with van der Waals surface area (Å²) >= 11 is 12.4. The van der Waals surface area contributed by atoms with E-state index in [1.165, 1.54) is 17.0 Å². The molecule has 2 amide bonds. The van der Waals surface area contributed by atoms with Gasteiger partial charge in [-0.1, -0.05) is 90.8 Å². The molecule has 0 heterocycles. The number of halogens is 2. The highest BCUT2D eigenvalue weighted by molar-refractivity contribution is 7.92. The minimum atomic E-state index is -4.17. The van der Waals surface area contributed by atoms with E-state index in [0.717, 1.165) is 9.87 Å². The Morgan fingerprint density at radius 3 is 2.05 bits per heavy atom. The molecule has 1 atom stereocenters. The lowest BCUT2D eigenvalue weighted by Gasteiger charge is -2.34. The molecular formula is C33H33Cl2N3O4S. The van der Waals surface area contributed by atoms with Crippen LogP contribution in [-0.4, -0.2) is 44.3 Å². The Labute approximate surface area is 263 Å². The van der Waals surface area contributed by atoms with Crippen LogP contribution in [0.15, 0.2) is 114 Å². The Balaban J connectivity index is 1.78. The van der Waals surface area contributed by atoms with Crippen molar-refractivity contribution in [1.82, 2.24) is 10.2 Å². The molecular weight excluding hydrogens is 605 g/mol. The van der Waals surface area contributed by atoms with Crippen LogP contribution in [0.3, 0.4) is 0 Å². The summed E-state index contributed by atoms with van der Waals surface area (Å²) in [4.78, 5) is 29.5. The van der Waals surface area contributed by atoms with Gasteiger partial charge in [0, 0.05) is 29.6 Å². The quantitative estimate of drug-likeness (QED) is 0.185. The predicted octanol–water partition coefficient (Wildman–Crippen LogP) is 6.36. The summed E-state index contributed by atoms with van der Waals surface area (Å²) in [5, 5.41) is 3.83. The van der Waals surface area contributed by atoms with Crippen molar-refractivity contribution < 1.29 is 18.0 Å². The van der Waals surface area contributed by atoms with Crippen LogP contribution in [-0.2, 0) is 32.6 Å². The van der Waals surface area contributed by atoms with Gasteiger partial charge in [-0.15, -0.1) is 0 Å². The summed E-state index contributed by atoms with van der Waals surface area (Å²) in [7, 11) is -4.17. The van der Waals surface area contributed by atoms with Crippen LogP contribution in [0.5, 0.6) is 0 Å². The number of anilines is 1. The zero-order chi connectivity index (χ0) is 30.8. The average molecular weight is 639 g/mol. The second-order valence-electron chi connectivity index (χ2n) is 9.95. The fraction of sp³-hybridized carbons (Fsp3) is 0.212. The van der Waals surface area contributed by atoms with Gasteiger partial charge in [-0.3, -0.25) is 13.9 Å². The third-order valence-corrected chi connectivity index (χ3v) is 9.06. The number of sulfonamides is 1. The maximum atomic E-state index is 14.4. The third-order valence-electron chi connectivity index (χ3n) is 6.79. The molecule has 10 heteroatoms. The molecule has 0 unspecified atom stereocenters. The van der Waals surface area contributed by atoms with Gasteiger partial charge in [-0.25, -0.2) is 8.42 Å². The van der Waals surface area contributed by atoms with Crippen molar-refractivity contribution >= 4 is 50.7 Å². The van der Waals surface area contributed by atoms with E-state index in [0.29, 0.717) is 28.6 Å². The molecule has 0 radical (unpaired) electrons. The van der Waals surface area contributed by atoms with Gasteiger partial charge in [0.2, 0.25) is 11.8 Å². The topological polar surface area (TPSA) is 86.8 Å². The summed E-state index contributed by atoms with van der Waals surface area (Å²) in [5.41, 5.74) is 1.82. The van der Waals surface area contributed by atoms with E-state index in [-0.39, 0.29) is 29.5 Å².